The standard InChI is InChI=1S/C19H20ClN3O2/c1-13-8-14(2)10-16(9-13)21-18(24)12-22-6-7-23(19(22)25)17-5-3-4-15(20)11-17/h3-5,8-11H,6-7,12H2,1-2H3,(H,21,24). The van der Waals surface area contributed by atoms with E-state index in [1.165, 1.54) is 0 Å². The fourth-order valence-corrected chi connectivity index (χ4v) is 3.22. The molecule has 1 fully saturated rings. The van der Waals surface area contributed by atoms with Gasteiger partial charge in [-0.1, -0.05) is 23.7 Å². The Morgan fingerprint density at radius 1 is 1.12 bits per heavy atom. The van der Waals surface area contributed by atoms with E-state index in [4.69, 9.17) is 11.6 Å². The van der Waals surface area contributed by atoms with Gasteiger partial charge in [0.25, 0.3) is 0 Å². The number of amides is 3. The highest BCUT2D eigenvalue weighted by molar-refractivity contribution is 6.30. The lowest BCUT2D eigenvalue weighted by molar-refractivity contribution is -0.116. The molecule has 0 bridgehead atoms. The van der Waals surface area contributed by atoms with Crippen molar-refractivity contribution in [2.75, 3.05) is 29.9 Å². The Hall–Kier alpha value is -2.53. The maximum atomic E-state index is 12.5. The summed E-state index contributed by atoms with van der Waals surface area (Å²) in [5.41, 5.74) is 3.66. The molecule has 1 aliphatic rings. The number of halogens is 1. The van der Waals surface area contributed by atoms with Crippen molar-refractivity contribution in [3.05, 3.63) is 58.6 Å². The number of nitrogens with one attached hydrogen (secondary N) is 1. The first-order valence-corrected chi connectivity index (χ1v) is 8.50. The minimum atomic E-state index is -0.203. The van der Waals surface area contributed by atoms with Crippen LogP contribution in [0.4, 0.5) is 16.2 Å². The van der Waals surface area contributed by atoms with E-state index in [2.05, 4.69) is 5.32 Å². The number of anilines is 2. The number of urea groups is 1. The lowest BCUT2D eigenvalue weighted by atomic mass is 10.1. The van der Waals surface area contributed by atoms with Gasteiger partial charge in [-0.3, -0.25) is 9.69 Å². The van der Waals surface area contributed by atoms with Gasteiger partial charge in [-0.05, 0) is 55.3 Å². The summed E-state index contributed by atoms with van der Waals surface area (Å²) >= 11 is 5.99. The average molecular weight is 358 g/mol. The average Bonchev–Trinajstić information content (AvgIpc) is 2.87. The molecule has 130 valence electrons. The molecule has 2 aromatic carbocycles. The molecule has 6 heteroatoms. The number of benzene rings is 2. The number of hydrogen-bond donors (Lipinski definition) is 1. The Bertz CT molecular complexity index is 802. The number of rotatable bonds is 4. The molecule has 2 aromatic rings. The van der Waals surface area contributed by atoms with Crippen LogP contribution in [0.25, 0.3) is 0 Å². The van der Waals surface area contributed by atoms with Crippen LogP contribution >= 0.6 is 11.6 Å². The molecule has 1 aliphatic heterocycles. The summed E-state index contributed by atoms with van der Waals surface area (Å²) in [6.07, 6.45) is 0. The Kier molecular flexibility index (Phi) is 4.95. The van der Waals surface area contributed by atoms with Crippen molar-refractivity contribution in [1.82, 2.24) is 4.90 Å². The van der Waals surface area contributed by atoms with Gasteiger partial charge in [0.2, 0.25) is 5.91 Å². The maximum absolute atomic E-state index is 12.5. The molecule has 0 unspecified atom stereocenters. The first-order chi connectivity index (χ1) is 11.9. The number of aryl methyl sites for hydroxylation is 2. The predicted molar refractivity (Wildman–Crippen MR) is 100 cm³/mol. The molecule has 1 saturated heterocycles. The van der Waals surface area contributed by atoms with Gasteiger partial charge in [0.15, 0.2) is 0 Å². The largest absolute Gasteiger partial charge is 0.325 e. The van der Waals surface area contributed by atoms with E-state index in [9.17, 15) is 9.59 Å². The zero-order valence-corrected chi connectivity index (χ0v) is 15.0. The van der Waals surface area contributed by atoms with E-state index in [0.29, 0.717) is 18.1 Å². The van der Waals surface area contributed by atoms with Crippen LogP contribution in [0.5, 0.6) is 0 Å². The monoisotopic (exact) mass is 357 g/mol. The van der Waals surface area contributed by atoms with Crippen molar-refractivity contribution in [2.45, 2.75) is 13.8 Å². The van der Waals surface area contributed by atoms with Crippen LogP contribution in [0, 0.1) is 13.8 Å². The van der Waals surface area contributed by atoms with Crippen LogP contribution in [0.2, 0.25) is 5.02 Å². The summed E-state index contributed by atoms with van der Waals surface area (Å²) in [7, 11) is 0. The van der Waals surface area contributed by atoms with Gasteiger partial charge in [0.1, 0.15) is 6.54 Å². The van der Waals surface area contributed by atoms with Crippen molar-refractivity contribution >= 4 is 34.9 Å². The van der Waals surface area contributed by atoms with Crippen LogP contribution in [-0.4, -0.2) is 36.5 Å². The lowest BCUT2D eigenvalue weighted by Crippen LogP contribution is -2.37. The van der Waals surface area contributed by atoms with E-state index in [0.717, 1.165) is 22.5 Å². The molecule has 3 amide bonds. The highest BCUT2D eigenvalue weighted by Gasteiger charge is 2.30. The number of carbonyl (C=O) groups excluding carboxylic acids is 2. The van der Waals surface area contributed by atoms with Crippen molar-refractivity contribution in [2.24, 2.45) is 0 Å². The van der Waals surface area contributed by atoms with Crippen LogP contribution in [0.1, 0.15) is 11.1 Å². The fraction of sp³-hybridized carbons (Fsp3) is 0.263. The maximum Gasteiger partial charge on any atom is 0.325 e. The van der Waals surface area contributed by atoms with Crippen LogP contribution in [0.15, 0.2) is 42.5 Å². The minimum Gasteiger partial charge on any atom is -0.325 e. The van der Waals surface area contributed by atoms with Gasteiger partial charge in [-0.25, -0.2) is 4.79 Å². The molecule has 0 spiro atoms. The quantitative estimate of drug-likeness (QED) is 0.903. The number of nitrogens with zero attached hydrogens (tertiary/aromatic N) is 2. The molecule has 0 atom stereocenters. The van der Waals surface area contributed by atoms with E-state index in [1.54, 1.807) is 28.0 Å². The topological polar surface area (TPSA) is 52.7 Å². The number of hydrogen-bond acceptors (Lipinski definition) is 2. The fourth-order valence-electron chi connectivity index (χ4n) is 3.03. The van der Waals surface area contributed by atoms with Crippen LogP contribution in [0.3, 0.4) is 0 Å². The van der Waals surface area contributed by atoms with E-state index in [1.807, 2.05) is 38.1 Å². The summed E-state index contributed by atoms with van der Waals surface area (Å²) in [4.78, 5) is 28.0. The Morgan fingerprint density at radius 2 is 1.84 bits per heavy atom. The number of carbonyl (C=O) groups is 2. The van der Waals surface area contributed by atoms with Crippen molar-refractivity contribution in [3.8, 4) is 0 Å². The second-order valence-corrected chi connectivity index (χ2v) is 6.70. The summed E-state index contributed by atoms with van der Waals surface area (Å²) in [6, 6.07) is 12.8. The van der Waals surface area contributed by atoms with Gasteiger partial charge < -0.3 is 10.2 Å². The van der Waals surface area contributed by atoms with Crippen molar-refractivity contribution < 1.29 is 9.59 Å². The van der Waals surface area contributed by atoms with E-state index >= 15 is 0 Å². The highest BCUT2D eigenvalue weighted by atomic mass is 35.5. The molecule has 5 nitrogen and oxygen atoms in total. The van der Waals surface area contributed by atoms with Crippen LogP contribution in [-0.2, 0) is 4.79 Å². The van der Waals surface area contributed by atoms with Gasteiger partial charge in [-0.2, -0.15) is 0 Å². The Morgan fingerprint density at radius 3 is 2.52 bits per heavy atom. The predicted octanol–water partition coefficient (Wildman–Crippen LogP) is 3.84. The van der Waals surface area contributed by atoms with Crippen molar-refractivity contribution in [1.29, 1.82) is 0 Å². The summed E-state index contributed by atoms with van der Waals surface area (Å²) in [6.45, 7) is 5.04. The molecule has 25 heavy (non-hydrogen) atoms. The van der Waals surface area contributed by atoms with E-state index < -0.39 is 0 Å². The molecule has 1 N–H and O–H groups in total. The molecule has 1 heterocycles. The molecular weight excluding hydrogens is 338 g/mol. The highest BCUT2D eigenvalue weighted by Crippen LogP contribution is 2.23. The van der Waals surface area contributed by atoms with Gasteiger partial charge in [0, 0.05) is 29.5 Å². The third kappa shape index (κ3) is 4.12. The first kappa shape index (κ1) is 17.3. The SMILES string of the molecule is Cc1cc(C)cc(NC(=O)CN2CCN(c3cccc(Cl)c3)C2=O)c1. The second kappa shape index (κ2) is 7.15. The Labute approximate surface area is 152 Å². The Balaban J connectivity index is 1.63. The van der Waals surface area contributed by atoms with Crippen LogP contribution < -0.4 is 10.2 Å². The zero-order valence-electron chi connectivity index (χ0n) is 14.3. The second-order valence-electron chi connectivity index (χ2n) is 6.26. The third-order valence-corrected chi connectivity index (χ3v) is 4.29. The van der Waals surface area contributed by atoms with E-state index in [-0.39, 0.29) is 18.5 Å². The lowest BCUT2D eigenvalue weighted by Gasteiger charge is -2.18. The smallest absolute Gasteiger partial charge is 0.325 e. The van der Waals surface area contributed by atoms with Gasteiger partial charge in [-0.15, -0.1) is 0 Å². The first-order valence-electron chi connectivity index (χ1n) is 8.12. The van der Waals surface area contributed by atoms with Gasteiger partial charge >= 0.3 is 6.03 Å². The molecule has 0 aliphatic carbocycles. The summed E-state index contributed by atoms with van der Waals surface area (Å²) in [5.74, 6) is -0.203. The zero-order chi connectivity index (χ0) is 18.0. The van der Waals surface area contributed by atoms with Gasteiger partial charge in [0.05, 0.1) is 0 Å². The molecule has 0 saturated carbocycles. The van der Waals surface area contributed by atoms with Crippen molar-refractivity contribution in [3.63, 3.8) is 0 Å². The third-order valence-electron chi connectivity index (χ3n) is 4.05. The molecule has 0 radical (unpaired) electrons. The normalized spacial score (nSPS) is 14.1. The minimum absolute atomic E-state index is 0.0306. The molecule has 0 aromatic heterocycles. The molecular formula is C19H20ClN3O2. The summed E-state index contributed by atoms with van der Waals surface area (Å²) < 4.78 is 0. The molecule has 3 rings (SSSR count). The summed E-state index contributed by atoms with van der Waals surface area (Å²) in [5, 5.41) is 3.44.